The Morgan fingerprint density at radius 1 is 0.778 bits per heavy atom. The van der Waals surface area contributed by atoms with Gasteiger partial charge in [-0.2, -0.15) is 0 Å². The Bertz CT molecular complexity index is 3810. The third kappa shape index (κ3) is 17.6. The molecule has 596 valence electrons. The normalized spacial score (nSPS) is 28.2. The predicted molar refractivity (Wildman–Crippen MR) is 394 cm³/mol. The molecule has 35 heteroatoms. The second-order valence-electron chi connectivity index (χ2n) is 29.0. The number of aliphatic hydroxyl groups is 5. The minimum atomic E-state index is -2.69. The van der Waals surface area contributed by atoms with Gasteiger partial charge in [0.15, 0.2) is 24.2 Å². The lowest BCUT2D eigenvalue weighted by Crippen LogP contribution is -2.82. The smallest absolute Gasteiger partial charge is 0.426 e. The fraction of sp³-hybridized carbons (Fsp3) is 0.644. The van der Waals surface area contributed by atoms with Crippen LogP contribution in [0.25, 0.3) is 10.9 Å². The number of carboxylic acids is 3. The first-order valence-corrected chi connectivity index (χ1v) is 39.2. The van der Waals surface area contributed by atoms with Crippen molar-refractivity contribution < 1.29 is 112 Å². The highest BCUT2D eigenvalue weighted by molar-refractivity contribution is 8.76. The van der Waals surface area contributed by atoms with Crippen molar-refractivity contribution in [1.82, 2.24) is 46.9 Å². The number of carboxylic acid groups (broad SMARTS) is 3. The summed E-state index contributed by atoms with van der Waals surface area (Å²) in [6, 6.07) is 6.81. The number of methoxy groups -OCH3 is 2. The molecular weight excluding hydrogens is 1450 g/mol. The molecule has 9 rings (SSSR count). The number of aromatic nitrogens is 1. The summed E-state index contributed by atoms with van der Waals surface area (Å²) in [6.45, 7) is 6.74. The highest BCUT2D eigenvalue weighted by atomic mass is 33.1. The minimum Gasteiger partial charge on any atom is -0.496 e. The molecular formula is C73H104N10O23S2. The Kier molecular flexibility index (Phi) is 28.3. The molecule has 1 aliphatic carbocycles. The number of amides is 6. The number of unbranched alkanes of at least 4 members (excludes halogenated alkanes) is 5. The summed E-state index contributed by atoms with van der Waals surface area (Å²) in [7, 11) is 8.55. The first-order valence-electron chi connectivity index (χ1n) is 36.7. The van der Waals surface area contributed by atoms with Gasteiger partial charge in [-0.3, -0.25) is 39.1 Å². The number of ether oxygens (including phenoxy) is 5. The molecule has 15 N–H and O–H groups in total. The van der Waals surface area contributed by atoms with E-state index in [-0.39, 0.29) is 50.4 Å². The van der Waals surface area contributed by atoms with Gasteiger partial charge in [0, 0.05) is 122 Å². The van der Waals surface area contributed by atoms with Gasteiger partial charge in [-0.05, 0) is 101 Å². The molecule has 108 heavy (non-hydrogen) atoms. The van der Waals surface area contributed by atoms with Crippen LogP contribution in [0.4, 0.5) is 10.5 Å². The van der Waals surface area contributed by atoms with E-state index in [1.165, 1.54) is 14.2 Å². The molecule has 3 fully saturated rings. The van der Waals surface area contributed by atoms with Crippen molar-refractivity contribution in [3.63, 3.8) is 0 Å². The van der Waals surface area contributed by atoms with Gasteiger partial charge in [0.2, 0.25) is 17.7 Å². The van der Waals surface area contributed by atoms with Crippen LogP contribution in [0.1, 0.15) is 146 Å². The van der Waals surface area contributed by atoms with E-state index in [0.29, 0.717) is 125 Å². The number of aliphatic hydroxyl groups excluding tert-OH is 3. The Morgan fingerprint density at radius 3 is 2.16 bits per heavy atom. The topological polar surface area (TPSA) is 476 Å². The number of likely N-dealkylation sites (N-methyl/N-ethyl adjacent to an activating group) is 2. The first kappa shape index (κ1) is 84.2. The average molecular weight is 1550 g/mol. The molecule has 5 aliphatic heterocycles. The molecule has 33 nitrogen and oxygen atoms in total. The van der Waals surface area contributed by atoms with Crippen LogP contribution in [0.3, 0.4) is 0 Å². The number of benzene rings is 2. The lowest BCUT2D eigenvalue weighted by atomic mass is 9.47. The lowest BCUT2D eigenvalue weighted by molar-refractivity contribution is -0.252. The van der Waals surface area contributed by atoms with Gasteiger partial charge in [-0.25, -0.2) is 24.6 Å². The maximum atomic E-state index is 15.5. The number of hydrogen-bond acceptors (Lipinski definition) is 25. The summed E-state index contributed by atoms with van der Waals surface area (Å²) in [6.07, 6.45) is -1.69. The summed E-state index contributed by atoms with van der Waals surface area (Å²) in [5.41, 5.74) is 0.846. The van der Waals surface area contributed by atoms with Gasteiger partial charge in [-0.15, -0.1) is 0 Å². The van der Waals surface area contributed by atoms with Crippen molar-refractivity contribution in [1.29, 1.82) is 0 Å². The second kappa shape index (κ2) is 36.3. The van der Waals surface area contributed by atoms with Crippen molar-refractivity contribution in [2.45, 2.75) is 213 Å². The molecule has 0 radical (unpaired) electrons. The fourth-order valence-electron chi connectivity index (χ4n) is 17.1. The molecule has 6 aliphatic rings. The molecule has 0 bridgehead atoms. The quantitative estimate of drug-likeness (QED) is 0.0103. The van der Waals surface area contributed by atoms with Crippen LogP contribution in [0, 0.1) is 5.41 Å². The van der Waals surface area contributed by atoms with Gasteiger partial charge in [0.1, 0.15) is 42.1 Å². The number of nitrogens with one attached hydrogen (secondary N) is 7. The summed E-state index contributed by atoms with van der Waals surface area (Å²) in [4.78, 5) is 142. The van der Waals surface area contributed by atoms with Crippen LogP contribution in [0.5, 0.6) is 5.75 Å². The molecule has 6 heterocycles. The van der Waals surface area contributed by atoms with E-state index in [1.54, 1.807) is 11.9 Å². The zero-order valence-corrected chi connectivity index (χ0v) is 63.6. The number of hydrogen-bond donors (Lipinski definition) is 15. The third-order valence-electron chi connectivity index (χ3n) is 22.3. The highest BCUT2D eigenvalue weighted by Gasteiger charge is 2.79. The summed E-state index contributed by atoms with van der Waals surface area (Å²) in [5.74, 6) is -9.48. The van der Waals surface area contributed by atoms with E-state index < -0.39 is 161 Å². The number of carbonyl (C=O) groups is 10. The van der Waals surface area contributed by atoms with Gasteiger partial charge in [-0.1, -0.05) is 91.5 Å². The van der Waals surface area contributed by atoms with Crippen molar-refractivity contribution in [3.05, 3.63) is 70.9 Å². The third-order valence-corrected chi connectivity index (χ3v) is 24.7. The van der Waals surface area contributed by atoms with Gasteiger partial charge in [0.25, 0.3) is 11.8 Å². The SMILES string of the molecule is CC[C@]1(O)CCC[C@](C(=O)OC)(c2cc3c(cc2OC)N(C)[C@H]2[C@@](O)(C(=O)NNC(=O)OCCSSC[C@@H](NC(=O)[C@H](NC(=O)CCCCCCCCO[C@H]4C[C@@H](O)C(O)C(C(=O)O)O4)NC(=O)CC[C@H](NC(C)=O)C(=O)O)C(=O)O)[C@H](O)[C@]4(CC)C=CCN5CC[C@]32[C@@H]54)c2[nH]c3ccccc3c2CCN(C)C1. The number of anilines is 1. The van der Waals surface area contributed by atoms with Crippen LogP contribution in [-0.2, 0) is 79.3 Å². The number of aliphatic carboxylic acids is 3. The van der Waals surface area contributed by atoms with Crippen LogP contribution < -0.4 is 41.8 Å². The number of aromatic amines is 1. The van der Waals surface area contributed by atoms with E-state index in [9.17, 15) is 79.2 Å². The van der Waals surface area contributed by atoms with Crippen LogP contribution in [-0.4, -0.2) is 267 Å². The summed E-state index contributed by atoms with van der Waals surface area (Å²) in [5, 5.41) is 97.8. The number of nitrogens with zero attached hydrogens (tertiary/aromatic N) is 3. The predicted octanol–water partition coefficient (Wildman–Crippen LogP) is 1.94. The Labute approximate surface area is 633 Å². The Morgan fingerprint density at radius 2 is 1.48 bits per heavy atom. The Hall–Kier alpha value is -7.84. The van der Waals surface area contributed by atoms with Crippen molar-refractivity contribution in [2.75, 3.05) is 84.1 Å². The molecule has 3 aromatic rings. The fourth-order valence-corrected chi connectivity index (χ4v) is 19.1. The summed E-state index contributed by atoms with van der Waals surface area (Å²) >= 11 is 0. The van der Waals surface area contributed by atoms with E-state index in [0.717, 1.165) is 45.0 Å². The van der Waals surface area contributed by atoms with Crippen molar-refractivity contribution in [2.24, 2.45) is 5.41 Å². The van der Waals surface area contributed by atoms with Crippen LogP contribution >= 0.6 is 21.6 Å². The molecule has 2 saturated heterocycles. The van der Waals surface area contributed by atoms with Crippen molar-refractivity contribution >= 4 is 97.7 Å². The largest absolute Gasteiger partial charge is 0.496 e. The van der Waals surface area contributed by atoms with Crippen molar-refractivity contribution in [3.8, 4) is 5.75 Å². The molecule has 15 atom stereocenters. The zero-order chi connectivity index (χ0) is 78.6. The van der Waals surface area contributed by atoms with E-state index >= 15 is 9.59 Å². The molecule has 1 saturated carbocycles. The number of H-pyrrole nitrogens is 1. The molecule has 2 unspecified atom stereocenters. The molecule has 1 aromatic heterocycles. The molecule has 6 amide bonds. The number of fused-ring (bicyclic) bond motifs is 4. The maximum Gasteiger partial charge on any atom is 0.426 e. The first-order chi connectivity index (χ1) is 51.4. The monoisotopic (exact) mass is 1550 g/mol. The summed E-state index contributed by atoms with van der Waals surface area (Å²) < 4.78 is 28.5. The number of hydrazine groups is 1. The number of β-amino-alcohol motifs (C(OH)–C–C–N with tert-alkyl or cyclic N) is 1. The maximum absolute atomic E-state index is 15.5. The minimum absolute atomic E-state index is 0.0258. The number of para-hydroxylation sites is 1. The molecule has 1 spiro atoms. The van der Waals surface area contributed by atoms with E-state index in [1.807, 2.05) is 69.4 Å². The standard InChI is InChI=1S/C73H104N10O23S2/c1-8-69(100)26-18-28-71(67(98)103-7,57-43(25-31-81(4)40-69)42-20-15-16-21-46(42)75-57)45-36-44-49(37-51(45)102-6)82(5)64-72(44)29-32-83-30-19-27-70(9-2,63(72)83)65(96)73(64,101)66(97)79-80-68(99)105-34-35-107-108-39-48(61(92)93)76-59(89)58(78-53(87)24-23-47(60(90)91)74-41(3)84)77-52(86)22-14-12-10-11-13-17-33-104-54-38-50(85)55(88)56(106-54)62(94)95/h15-16,19-21,27,36-37,47-48,50,54-56,58,63-65,75,85,88,96,100-101H,8-14,17-18,22-26,28-35,38-40H2,1-7H3,(H,74,84)(H,76,89)(H,77,86)(H,78,87)(H,79,97)(H,80,99)(H,90,91)(H,92,93)(H,94,95)/t47-,48+,50+,54+,55?,56?,58+,63-,64+,65+,69-,70+,71-,72+,73-/m0/s1. The van der Waals surface area contributed by atoms with Crippen LogP contribution in [0.2, 0.25) is 0 Å². The van der Waals surface area contributed by atoms with Crippen LogP contribution in [0.15, 0.2) is 48.6 Å². The zero-order valence-electron chi connectivity index (χ0n) is 61.9. The molecule has 2 aromatic carbocycles. The Balaban J connectivity index is 0.840. The van der Waals surface area contributed by atoms with E-state index in [4.69, 9.17) is 23.7 Å². The number of carbonyl (C=O) groups excluding carboxylic acids is 7. The average Bonchev–Trinajstić information content (AvgIpc) is 1.47. The van der Waals surface area contributed by atoms with Gasteiger partial charge in [0.05, 0.1) is 32.0 Å². The van der Waals surface area contributed by atoms with Gasteiger partial charge >= 0.3 is 30.0 Å². The number of rotatable bonds is 33. The van der Waals surface area contributed by atoms with E-state index in [2.05, 4.69) is 46.9 Å². The number of esters is 1. The van der Waals surface area contributed by atoms with Gasteiger partial charge < -0.3 is 101 Å². The lowest BCUT2D eigenvalue weighted by Gasteiger charge is -2.63. The second-order valence-corrected chi connectivity index (χ2v) is 31.6. The highest BCUT2D eigenvalue weighted by Crippen LogP contribution is 2.67.